The number of nitrogens with one attached hydrogen (secondary N) is 6. The number of benzene rings is 3. The van der Waals surface area contributed by atoms with E-state index in [9.17, 15) is 0 Å². The molecular weight excluding hydrogens is 597 g/mol. The Labute approximate surface area is 274 Å². The third-order valence-corrected chi connectivity index (χ3v) is 9.83. The number of hydrazine groups is 3. The lowest BCUT2D eigenvalue weighted by Crippen LogP contribution is -2.15. The third kappa shape index (κ3) is 8.01. The summed E-state index contributed by atoms with van der Waals surface area (Å²) in [5.74, 6) is 0. The van der Waals surface area contributed by atoms with Crippen molar-refractivity contribution < 1.29 is 0 Å². The van der Waals surface area contributed by atoms with E-state index in [0.717, 1.165) is 74.8 Å². The Bertz CT molecular complexity index is 1690. The molecule has 8 nitrogen and oxygen atoms in total. The quantitative estimate of drug-likeness (QED) is 0.0671. The summed E-state index contributed by atoms with van der Waals surface area (Å²) in [7, 11) is 0. The van der Waals surface area contributed by atoms with Crippen LogP contribution in [-0.4, -0.2) is 18.1 Å². The molecule has 3 heterocycles. The van der Waals surface area contributed by atoms with Gasteiger partial charge in [0.15, 0.2) is 0 Å². The van der Waals surface area contributed by atoms with Gasteiger partial charge < -0.3 is 21.2 Å². The van der Waals surface area contributed by atoms with Crippen LogP contribution in [0.15, 0.2) is 78.2 Å². The van der Waals surface area contributed by atoms with Crippen molar-refractivity contribution in [1.29, 1.82) is 0 Å². The Morgan fingerprint density at radius 2 is 1.40 bits per heavy atom. The fourth-order valence-corrected chi connectivity index (χ4v) is 6.93. The van der Waals surface area contributed by atoms with Gasteiger partial charge in [0.05, 0.1) is 33.4 Å². The summed E-state index contributed by atoms with van der Waals surface area (Å²) >= 11 is 3.38. The van der Waals surface area contributed by atoms with Gasteiger partial charge in [-0.1, -0.05) is 48.9 Å². The highest BCUT2D eigenvalue weighted by Crippen LogP contribution is 2.32. The highest BCUT2D eigenvalue weighted by atomic mass is 32.1. The third-order valence-electron chi connectivity index (χ3n) is 8.01. The average molecular weight is 639 g/mol. The topological polar surface area (TPSA) is 88.3 Å². The summed E-state index contributed by atoms with van der Waals surface area (Å²) in [5.41, 5.74) is 29.7. The van der Waals surface area contributed by atoms with Crippen LogP contribution >= 0.6 is 22.7 Å². The van der Waals surface area contributed by atoms with Crippen molar-refractivity contribution in [2.24, 2.45) is 0 Å². The molecule has 1 fully saturated rings. The van der Waals surface area contributed by atoms with Crippen LogP contribution in [0.25, 0.3) is 11.3 Å². The summed E-state index contributed by atoms with van der Waals surface area (Å²) in [6, 6.07) is 25.6. The van der Waals surface area contributed by atoms with E-state index in [4.69, 9.17) is 4.98 Å². The van der Waals surface area contributed by atoms with Crippen LogP contribution < -0.4 is 37.5 Å². The number of nitrogens with zero attached hydrogens (tertiary/aromatic N) is 2. The predicted octanol–water partition coefficient (Wildman–Crippen LogP) is 9.75. The molecule has 6 N–H and O–H groups in total. The lowest BCUT2D eigenvalue weighted by molar-refractivity contribution is 0.795. The monoisotopic (exact) mass is 638 g/mol. The molecule has 45 heavy (non-hydrogen) atoms. The molecule has 1 saturated heterocycles. The van der Waals surface area contributed by atoms with Crippen molar-refractivity contribution in [3.8, 4) is 11.3 Å². The molecule has 2 aromatic heterocycles. The van der Waals surface area contributed by atoms with Gasteiger partial charge in [0.2, 0.25) is 5.13 Å². The van der Waals surface area contributed by atoms with Crippen LogP contribution in [0.4, 0.5) is 37.9 Å². The minimum absolute atomic E-state index is 0.828. The van der Waals surface area contributed by atoms with Crippen LogP contribution in [0.5, 0.6) is 0 Å². The van der Waals surface area contributed by atoms with Crippen LogP contribution in [-0.2, 0) is 6.42 Å². The van der Waals surface area contributed by atoms with Gasteiger partial charge in [-0.15, -0.1) is 11.3 Å². The Morgan fingerprint density at radius 3 is 2.07 bits per heavy atom. The number of anilines is 7. The molecule has 0 spiro atoms. The molecule has 10 heteroatoms. The highest BCUT2D eigenvalue weighted by molar-refractivity contribution is 7.20. The summed E-state index contributed by atoms with van der Waals surface area (Å²) < 4.78 is 0. The molecule has 0 radical (unpaired) electrons. The first kappa shape index (κ1) is 30.6. The van der Waals surface area contributed by atoms with Crippen molar-refractivity contribution in [1.82, 2.24) is 4.98 Å². The van der Waals surface area contributed by atoms with Crippen LogP contribution in [0, 0.1) is 13.8 Å². The molecule has 3 aromatic carbocycles. The van der Waals surface area contributed by atoms with E-state index < -0.39 is 0 Å². The minimum Gasteiger partial charge on any atom is -0.363 e. The summed E-state index contributed by atoms with van der Waals surface area (Å²) in [4.78, 5) is 7.23. The Kier molecular flexibility index (Phi) is 9.92. The minimum atomic E-state index is 0.828. The first-order valence-corrected chi connectivity index (χ1v) is 17.4. The molecule has 0 unspecified atom stereocenters. The molecule has 0 atom stereocenters. The summed E-state index contributed by atoms with van der Waals surface area (Å²) in [6.07, 6.45) is 6.15. The molecule has 6 rings (SSSR count). The highest BCUT2D eigenvalue weighted by Gasteiger charge is 2.14. The van der Waals surface area contributed by atoms with Crippen molar-refractivity contribution >= 4 is 60.6 Å². The van der Waals surface area contributed by atoms with Crippen molar-refractivity contribution in [3.63, 3.8) is 0 Å². The molecule has 0 bridgehead atoms. The van der Waals surface area contributed by atoms with E-state index >= 15 is 0 Å². The molecular formula is C35H42N8S2. The van der Waals surface area contributed by atoms with E-state index in [2.05, 4.69) is 130 Å². The average Bonchev–Trinajstić information content (AvgIpc) is 3.85. The molecule has 234 valence electrons. The van der Waals surface area contributed by atoms with Gasteiger partial charge in [0.1, 0.15) is 5.00 Å². The Hall–Kier alpha value is -4.41. The lowest BCUT2D eigenvalue weighted by Gasteiger charge is -2.16. The standard InChI is InChI=1S/C35H42N8S2/c1-4-5-8-26-9-11-27(12-10-26)32-23-44-35(36-32)42-40-31-16-13-28(21-25(31)3)37-39-30-15-14-29(22-24(30)2)38-41-33-17-18-34(45-33)43-19-6-7-20-43/h9-18,21-23,37-41H,4-8,19-20H2,1-3H3,(H,36,42). The number of aryl methyl sites for hydroxylation is 3. The summed E-state index contributed by atoms with van der Waals surface area (Å²) in [5, 5.41) is 5.37. The number of hydrogen-bond acceptors (Lipinski definition) is 10. The van der Waals surface area contributed by atoms with Gasteiger partial charge in [-0.25, -0.2) is 4.98 Å². The molecule has 5 aromatic rings. The van der Waals surface area contributed by atoms with Crippen molar-refractivity contribution in [2.45, 2.75) is 52.9 Å². The second-order valence-corrected chi connectivity index (χ2v) is 13.4. The van der Waals surface area contributed by atoms with Crippen molar-refractivity contribution in [3.05, 3.63) is 94.9 Å². The zero-order chi connectivity index (χ0) is 31.0. The van der Waals surface area contributed by atoms with Gasteiger partial charge >= 0.3 is 0 Å². The van der Waals surface area contributed by atoms with Gasteiger partial charge in [-0.05, 0) is 105 Å². The number of unbranched alkanes of at least 4 members (excludes halogenated alkanes) is 1. The first-order chi connectivity index (χ1) is 22.0. The van der Waals surface area contributed by atoms with Gasteiger partial charge in [0.25, 0.3) is 0 Å². The second-order valence-electron chi connectivity index (χ2n) is 11.5. The Balaban J connectivity index is 0.973. The predicted molar refractivity (Wildman–Crippen MR) is 196 cm³/mol. The number of rotatable bonds is 14. The number of hydrogen-bond donors (Lipinski definition) is 6. The van der Waals surface area contributed by atoms with Crippen LogP contribution in [0.3, 0.4) is 0 Å². The molecule has 0 saturated carbocycles. The molecule has 0 amide bonds. The normalized spacial score (nSPS) is 12.6. The van der Waals surface area contributed by atoms with E-state index in [1.54, 1.807) is 22.7 Å². The van der Waals surface area contributed by atoms with E-state index in [0.29, 0.717) is 0 Å². The molecule has 0 aliphatic carbocycles. The number of aromatic nitrogens is 1. The van der Waals surface area contributed by atoms with Crippen LogP contribution in [0.1, 0.15) is 49.3 Å². The maximum absolute atomic E-state index is 4.77. The van der Waals surface area contributed by atoms with E-state index in [-0.39, 0.29) is 0 Å². The van der Waals surface area contributed by atoms with Gasteiger partial charge in [-0.2, -0.15) is 0 Å². The maximum atomic E-state index is 4.77. The van der Waals surface area contributed by atoms with E-state index in [1.165, 1.54) is 36.2 Å². The zero-order valence-electron chi connectivity index (χ0n) is 26.2. The second kappa shape index (κ2) is 14.6. The number of thiazole rings is 1. The van der Waals surface area contributed by atoms with Crippen LogP contribution in [0.2, 0.25) is 0 Å². The van der Waals surface area contributed by atoms with E-state index in [1.807, 2.05) is 6.07 Å². The van der Waals surface area contributed by atoms with Gasteiger partial charge in [-0.3, -0.25) is 16.3 Å². The lowest BCUT2D eigenvalue weighted by atomic mass is 10.1. The molecule has 1 aliphatic rings. The largest absolute Gasteiger partial charge is 0.363 e. The molecule has 1 aliphatic heterocycles. The Morgan fingerprint density at radius 1 is 0.733 bits per heavy atom. The zero-order valence-corrected chi connectivity index (χ0v) is 27.8. The first-order valence-electron chi connectivity index (χ1n) is 15.7. The fraction of sp³-hybridized carbons (Fsp3) is 0.286. The smallest absolute Gasteiger partial charge is 0.202 e. The SMILES string of the molecule is CCCCc1ccc(-c2csc(NNc3ccc(NNc4ccc(NNc5ccc(N6CCCC6)s5)cc4C)cc3C)n2)cc1. The van der Waals surface area contributed by atoms with Crippen molar-refractivity contribution in [2.75, 3.05) is 50.5 Å². The fourth-order valence-electron chi connectivity index (χ4n) is 5.35. The number of thiophene rings is 1. The van der Waals surface area contributed by atoms with Gasteiger partial charge in [0, 0.05) is 24.0 Å². The summed E-state index contributed by atoms with van der Waals surface area (Å²) in [6.45, 7) is 8.74. The maximum Gasteiger partial charge on any atom is 0.202 e.